The molecular formula is C24H23N3O7S. The standard InChI is InChI=1S/C24H23N3O7S/c28-23-11-16(15-27(23)18-6-7-21-22(13-18)34-10-9-33-21)24(29)26-17-3-1-5-20(12-17)35(30,31)25-14-19-4-2-8-32-19/h1-8,12-13,16,25H,9-11,14-15H2,(H,26,29). The summed E-state index contributed by atoms with van der Waals surface area (Å²) in [5.41, 5.74) is 0.950. The smallest absolute Gasteiger partial charge is 0.241 e. The fourth-order valence-corrected chi connectivity index (χ4v) is 5.02. The molecule has 1 saturated heterocycles. The number of hydrogen-bond donors (Lipinski definition) is 2. The first-order chi connectivity index (χ1) is 16.9. The zero-order chi connectivity index (χ0) is 24.4. The number of nitrogens with one attached hydrogen (secondary N) is 2. The summed E-state index contributed by atoms with van der Waals surface area (Å²) < 4.78 is 44.0. The highest BCUT2D eigenvalue weighted by molar-refractivity contribution is 7.89. The second-order valence-corrected chi connectivity index (χ2v) is 9.92. The minimum absolute atomic E-state index is 0.00209. The molecule has 10 nitrogen and oxygen atoms in total. The maximum absolute atomic E-state index is 12.9. The maximum atomic E-state index is 12.9. The first-order valence-corrected chi connectivity index (χ1v) is 12.5. The van der Waals surface area contributed by atoms with Crippen LogP contribution in [-0.4, -0.2) is 40.0 Å². The molecular weight excluding hydrogens is 474 g/mol. The number of fused-ring (bicyclic) bond motifs is 1. The monoisotopic (exact) mass is 497 g/mol. The lowest BCUT2D eigenvalue weighted by molar-refractivity contribution is -0.122. The van der Waals surface area contributed by atoms with E-state index in [-0.39, 0.29) is 36.2 Å². The summed E-state index contributed by atoms with van der Waals surface area (Å²) in [7, 11) is -3.82. The van der Waals surface area contributed by atoms with E-state index in [9.17, 15) is 18.0 Å². The van der Waals surface area contributed by atoms with Crippen molar-refractivity contribution in [3.05, 3.63) is 66.6 Å². The fraction of sp³-hybridized carbons (Fsp3) is 0.250. The van der Waals surface area contributed by atoms with Crippen LogP contribution in [0.4, 0.5) is 11.4 Å². The topological polar surface area (TPSA) is 127 Å². The Morgan fingerprint density at radius 1 is 1.03 bits per heavy atom. The number of carbonyl (C=O) groups is 2. The van der Waals surface area contributed by atoms with Crippen molar-refractivity contribution < 1.29 is 31.9 Å². The van der Waals surface area contributed by atoms with Crippen molar-refractivity contribution >= 4 is 33.2 Å². The lowest BCUT2D eigenvalue weighted by Gasteiger charge is -2.22. The van der Waals surface area contributed by atoms with Crippen molar-refractivity contribution in [1.29, 1.82) is 0 Å². The molecule has 2 aromatic carbocycles. The summed E-state index contributed by atoms with van der Waals surface area (Å²) in [5.74, 6) is 0.527. The van der Waals surface area contributed by atoms with Gasteiger partial charge in [-0.2, -0.15) is 0 Å². The van der Waals surface area contributed by atoms with Gasteiger partial charge in [-0.25, -0.2) is 13.1 Å². The molecule has 0 saturated carbocycles. The number of sulfonamides is 1. The zero-order valence-electron chi connectivity index (χ0n) is 18.6. The number of benzene rings is 2. The number of amides is 2. The van der Waals surface area contributed by atoms with Gasteiger partial charge in [-0.3, -0.25) is 9.59 Å². The van der Waals surface area contributed by atoms with Gasteiger partial charge in [-0.05, 0) is 42.5 Å². The maximum Gasteiger partial charge on any atom is 0.241 e. The molecule has 5 rings (SSSR count). The van der Waals surface area contributed by atoms with Gasteiger partial charge in [0.05, 0.1) is 23.6 Å². The van der Waals surface area contributed by atoms with Crippen LogP contribution in [-0.2, 0) is 26.2 Å². The van der Waals surface area contributed by atoms with Crippen LogP contribution in [0.1, 0.15) is 12.2 Å². The average Bonchev–Trinajstić information content (AvgIpc) is 3.52. The minimum Gasteiger partial charge on any atom is -0.486 e. The van der Waals surface area contributed by atoms with Crippen molar-refractivity contribution in [2.45, 2.75) is 17.9 Å². The van der Waals surface area contributed by atoms with E-state index < -0.39 is 15.9 Å². The number of rotatable bonds is 7. The van der Waals surface area contributed by atoms with E-state index in [0.29, 0.717) is 41.8 Å². The molecule has 2 amide bonds. The first-order valence-electron chi connectivity index (χ1n) is 11.0. The van der Waals surface area contributed by atoms with Gasteiger partial charge in [-0.15, -0.1) is 0 Å². The van der Waals surface area contributed by atoms with Crippen LogP contribution in [0.5, 0.6) is 11.5 Å². The highest BCUT2D eigenvalue weighted by Crippen LogP contribution is 2.36. The predicted octanol–water partition coefficient (Wildman–Crippen LogP) is 2.52. The molecule has 11 heteroatoms. The zero-order valence-corrected chi connectivity index (χ0v) is 19.4. The van der Waals surface area contributed by atoms with Gasteiger partial charge >= 0.3 is 0 Å². The van der Waals surface area contributed by atoms with Crippen LogP contribution >= 0.6 is 0 Å². The normalized spacial score (nSPS) is 17.4. The number of ether oxygens (including phenoxy) is 2. The van der Waals surface area contributed by atoms with Gasteiger partial charge in [0, 0.05) is 30.4 Å². The molecule has 1 atom stereocenters. The number of carbonyl (C=O) groups excluding carboxylic acids is 2. The highest BCUT2D eigenvalue weighted by Gasteiger charge is 2.35. The van der Waals surface area contributed by atoms with E-state index >= 15 is 0 Å². The predicted molar refractivity (Wildman–Crippen MR) is 126 cm³/mol. The lowest BCUT2D eigenvalue weighted by atomic mass is 10.1. The van der Waals surface area contributed by atoms with Crippen molar-refractivity contribution in [3.8, 4) is 11.5 Å². The molecule has 2 N–H and O–H groups in total. The van der Waals surface area contributed by atoms with Crippen molar-refractivity contribution in [2.24, 2.45) is 5.92 Å². The molecule has 0 radical (unpaired) electrons. The third-order valence-corrected chi connectivity index (χ3v) is 7.16. The number of anilines is 2. The van der Waals surface area contributed by atoms with E-state index in [1.165, 1.54) is 18.4 Å². The molecule has 35 heavy (non-hydrogen) atoms. The molecule has 1 fully saturated rings. The van der Waals surface area contributed by atoms with E-state index in [2.05, 4.69) is 10.0 Å². The van der Waals surface area contributed by atoms with E-state index in [1.54, 1.807) is 47.4 Å². The van der Waals surface area contributed by atoms with Crippen molar-refractivity contribution in [2.75, 3.05) is 30.0 Å². The van der Waals surface area contributed by atoms with Crippen LogP contribution in [0.3, 0.4) is 0 Å². The van der Waals surface area contributed by atoms with Gasteiger partial charge in [0.15, 0.2) is 11.5 Å². The lowest BCUT2D eigenvalue weighted by Crippen LogP contribution is -2.28. The number of hydrogen-bond acceptors (Lipinski definition) is 7. The second kappa shape index (κ2) is 9.43. The largest absolute Gasteiger partial charge is 0.486 e. The Morgan fingerprint density at radius 3 is 2.66 bits per heavy atom. The summed E-state index contributed by atoms with van der Waals surface area (Å²) in [4.78, 5) is 27.1. The van der Waals surface area contributed by atoms with Crippen molar-refractivity contribution in [1.82, 2.24) is 4.72 Å². The van der Waals surface area contributed by atoms with E-state index in [4.69, 9.17) is 13.9 Å². The summed E-state index contributed by atoms with van der Waals surface area (Å²) in [5, 5.41) is 2.74. The molecule has 3 heterocycles. The van der Waals surface area contributed by atoms with Crippen LogP contribution < -0.4 is 24.4 Å². The Hall–Kier alpha value is -3.83. The van der Waals surface area contributed by atoms with Gasteiger partial charge in [0.1, 0.15) is 19.0 Å². The Balaban J connectivity index is 1.24. The van der Waals surface area contributed by atoms with Gasteiger partial charge in [0.2, 0.25) is 21.8 Å². The summed E-state index contributed by atoms with van der Waals surface area (Å²) in [6.45, 7) is 1.11. The Labute approximate surface area is 201 Å². The summed E-state index contributed by atoms with van der Waals surface area (Å²) >= 11 is 0. The highest BCUT2D eigenvalue weighted by atomic mass is 32.2. The third-order valence-electron chi connectivity index (χ3n) is 5.76. The molecule has 3 aromatic rings. The van der Waals surface area contributed by atoms with Crippen LogP contribution in [0.25, 0.3) is 0 Å². The molecule has 182 valence electrons. The third kappa shape index (κ3) is 5.00. The first kappa shape index (κ1) is 22.9. The van der Waals surface area contributed by atoms with E-state index in [1.807, 2.05) is 0 Å². The molecule has 0 aliphatic carbocycles. The van der Waals surface area contributed by atoms with Gasteiger partial charge in [0.25, 0.3) is 0 Å². The van der Waals surface area contributed by atoms with Crippen molar-refractivity contribution in [3.63, 3.8) is 0 Å². The molecule has 2 aliphatic rings. The number of nitrogens with zero attached hydrogens (tertiary/aromatic N) is 1. The van der Waals surface area contributed by atoms with Crippen LogP contribution in [0.15, 0.2) is 70.2 Å². The number of furan rings is 1. The second-order valence-electron chi connectivity index (χ2n) is 8.15. The molecule has 1 aromatic heterocycles. The fourth-order valence-electron chi connectivity index (χ4n) is 3.98. The van der Waals surface area contributed by atoms with Crippen LogP contribution in [0, 0.1) is 5.92 Å². The minimum atomic E-state index is -3.82. The van der Waals surface area contributed by atoms with Crippen LogP contribution in [0.2, 0.25) is 0 Å². The Kier molecular flexibility index (Phi) is 6.18. The summed E-state index contributed by atoms with van der Waals surface area (Å²) in [6, 6.07) is 14.5. The Bertz CT molecular complexity index is 1360. The van der Waals surface area contributed by atoms with E-state index in [0.717, 1.165) is 0 Å². The quantitative estimate of drug-likeness (QED) is 0.513. The Morgan fingerprint density at radius 2 is 1.86 bits per heavy atom. The summed E-state index contributed by atoms with van der Waals surface area (Å²) in [6.07, 6.45) is 1.51. The molecule has 1 unspecified atom stereocenters. The molecule has 0 spiro atoms. The average molecular weight is 498 g/mol. The molecule has 2 aliphatic heterocycles. The van der Waals surface area contributed by atoms with Gasteiger partial charge < -0.3 is 24.1 Å². The molecule has 0 bridgehead atoms. The SMILES string of the molecule is O=C(Nc1cccc(S(=O)(=O)NCc2ccco2)c1)C1CC(=O)N(c2ccc3c(c2)OCCO3)C1. The van der Waals surface area contributed by atoms with Gasteiger partial charge in [-0.1, -0.05) is 6.07 Å².